The van der Waals surface area contributed by atoms with Gasteiger partial charge >= 0.3 is 17.9 Å². The Morgan fingerprint density at radius 3 is 2.63 bits per heavy atom. The number of para-hydroxylation sites is 2. The molecule has 154 valence electrons. The lowest BCUT2D eigenvalue weighted by molar-refractivity contribution is -0.136. The van der Waals surface area contributed by atoms with Crippen LogP contribution < -0.4 is 10.9 Å². The second kappa shape index (κ2) is 7.21. The molecule has 0 aliphatic carbocycles. The lowest BCUT2D eigenvalue weighted by Gasteiger charge is -2.16. The van der Waals surface area contributed by atoms with Gasteiger partial charge in [-0.2, -0.15) is 13.2 Å². The van der Waals surface area contributed by atoms with Crippen molar-refractivity contribution in [2.24, 2.45) is 0 Å². The number of amides is 1. The minimum Gasteiger partial charge on any atom is -0.465 e. The molecule has 0 fully saturated rings. The van der Waals surface area contributed by atoms with Gasteiger partial charge in [0.05, 0.1) is 16.5 Å². The normalized spacial score (nSPS) is 12.9. The molecule has 4 rings (SSSR count). The minimum absolute atomic E-state index is 0.00590. The third-order valence-corrected chi connectivity index (χ3v) is 4.68. The fraction of sp³-hybridized carbons (Fsp3) is 0.150. The third kappa shape index (κ3) is 3.59. The van der Waals surface area contributed by atoms with Gasteiger partial charge in [0, 0.05) is 23.5 Å². The van der Waals surface area contributed by atoms with Gasteiger partial charge < -0.3 is 19.8 Å². The van der Waals surface area contributed by atoms with Crippen molar-refractivity contribution in [2.75, 3.05) is 0 Å². The van der Waals surface area contributed by atoms with E-state index in [0.717, 1.165) is 23.0 Å². The van der Waals surface area contributed by atoms with E-state index in [4.69, 9.17) is 4.42 Å². The summed E-state index contributed by atoms with van der Waals surface area (Å²) in [5, 5.41) is 11.8. The van der Waals surface area contributed by atoms with Crippen LogP contribution in [0.1, 0.15) is 23.1 Å². The summed E-state index contributed by atoms with van der Waals surface area (Å²) >= 11 is 0. The third-order valence-electron chi connectivity index (χ3n) is 4.68. The van der Waals surface area contributed by atoms with Crippen molar-refractivity contribution in [3.8, 4) is 0 Å². The predicted molar refractivity (Wildman–Crippen MR) is 101 cm³/mol. The summed E-state index contributed by atoms with van der Waals surface area (Å²) < 4.78 is 45.3. The van der Waals surface area contributed by atoms with Gasteiger partial charge in [-0.3, -0.25) is 0 Å². The number of nitrogens with one attached hydrogen (secondary N) is 2. The van der Waals surface area contributed by atoms with Crippen molar-refractivity contribution in [1.82, 2.24) is 15.3 Å². The van der Waals surface area contributed by atoms with Crippen LogP contribution >= 0.6 is 0 Å². The number of rotatable bonds is 4. The van der Waals surface area contributed by atoms with E-state index >= 15 is 0 Å². The topological polar surface area (TPSA) is 108 Å². The number of benzene rings is 2. The highest BCUT2D eigenvalue weighted by molar-refractivity contribution is 5.83. The number of alkyl halides is 3. The minimum atomic E-state index is -4.75. The maximum absolute atomic E-state index is 13.4. The molecule has 0 saturated carbocycles. The summed E-state index contributed by atoms with van der Waals surface area (Å²) in [6, 6.07) is 9.13. The van der Waals surface area contributed by atoms with Crippen LogP contribution in [0.15, 0.2) is 57.9 Å². The number of H-pyrrole nitrogens is 1. The molecule has 0 spiro atoms. The molecule has 0 aliphatic rings. The molecule has 1 atom stereocenters. The van der Waals surface area contributed by atoms with E-state index in [1.54, 1.807) is 12.3 Å². The van der Waals surface area contributed by atoms with Crippen LogP contribution in [0.3, 0.4) is 0 Å². The van der Waals surface area contributed by atoms with Crippen molar-refractivity contribution in [2.45, 2.75) is 18.6 Å². The van der Waals surface area contributed by atoms with E-state index in [9.17, 15) is 27.9 Å². The molecule has 0 saturated heterocycles. The molecule has 3 N–H and O–H groups in total. The molecular formula is C20H14F3N3O4. The summed E-state index contributed by atoms with van der Waals surface area (Å²) in [6.07, 6.45) is -4.52. The van der Waals surface area contributed by atoms with E-state index in [2.05, 4.69) is 15.3 Å². The maximum atomic E-state index is 13.4. The highest BCUT2D eigenvalue weighted by Crippen LogP contribution is 2.34. The Bertz CT molecular complexity index is 1310. The Balaban J connectivity index is 1.85. The van der Waals surface area contributed by atoms with Gasteiger partial charge in [-0.05, 0) is 23.8 Å². The molecule has 0 bridgehead atoms. The Morgan fingerprint density at radius 1 is 1.17 bits per heavy atom. The van der Waals surface area contributed by atoms with E-state index in [1.807, 2.05) is 18.2 Å². The SMILES string of the molecule is O=C(O)NC(Cc1c[nH]c2ccccc12)c1nc2c(C(F)(F)F)cccc2c(=O)o1. The summed E-state index contributed by atoms with van der Waals surface area (Å²) in [4.78, 5) is 30.6. The summed E-state index contributed by atoms with van der Waals surface area (Å²) in [5.74, 6) is -0.447. The van der Waals surface area contributed by atoms with E-state index in [1.165, 1.54) is 6.07 Å². The van der Waals surface area contributed by atoms with Gasteiger partial charge in [-0.1, -0.05) is 24.3 Å². The average molecular weight is 417 g/mol. The molecule has 2 heterocycles. The van der Waals surface area contributed by atoms with E-state index in [-0.39, 0.29) is 11.8 Å². The maximum Gasteiger partial charge on any atom is 0.418 e. The van der Waals surface area contributed by atoms with Crippen LogP contribution in [0.2, 0.25) is 0 Å². The monoisotopic (exact) mass is 417 g/mol. The van der Waals surface area contributed by atoms with Crippen LogP contribution in [0.25, 0.3) is 21.8 Å². The fourth-order valence-electron chi connectivity index (χ4n) is 3.36. The zero-order valence-electron chi connectivity index (χ0n) is 15.2. The predicted octanol–water partition coefficient (Wildman–Crippen LogP) is 4.24. The van der Waals surface area contributed by atoms with E-state index < -0.39 is 40.9 Å². The van der Waals surface area contributed by atoms with Gasteiger partial charge in [0.1, 0.15) is 6.04 Å². The number of aromatic nitrogens is 2. The summed E-state index contributed by atoms with van der Waals surface area (Å²) in [5.41, 5.74) is -1.24. The number of carbonyl (C=O) groups is 1. The number of carboxylic acid groups (broad SMARTS) is 1. The number of hydrogen-bond donors (Lipinski definition) is 3. The number of nitrogens with zero attached hydrogens (tertiary/aromatic N) is 1. The van der Waals surface area contributed by atoms with Gasteiger partial charge in [-0.15, -0.1) is 0 Å². The molecule has 30 heavy (non-hydrogen) atoms. The molecule has 1 amide bonds. The molecule has 10 heteroatoms. The first kappa shape index (κ1) is 19.5. The first-order valence-corrected chi connectivity index (χ1v) is 8.79. The van der Waals surface area contributed by atoms with Gasteiger partial charge in [-0.25, -0.2) is 14.6 Å². The first-order valence-electron chi connectivity index (χ1n) is 8.79. The number of fused-ring (bicyclic) bond motifs is 2. The van der Waals surface area contributed by atoms with Gasteiger partial charge in [0.2, 0.25) is 5.89 Å². The van der Waals surface area contributed by atoms with Crippen LogP contribution in [0, 0.1) is 0 Å². The molecule has 4 aromatic rings. The second-order valence-corrected chi connectivity index (χ2v) is 6.60. The van der Waals surface area contributed by atoms with E-state index in [0.29, 0.717) is 5.56 Å². The van der Waals surface area contributed by atoms with Crippen LogP contribution in [0.4, 0.5) is 18.0 Å². The average Bonchev–Trinajstić information content (AvgIpc) is 3.09. The molecule has 2 aromatic heterocycles. The van der Waals surface area contributed by atoms with Gasteiger partial charge in [0.15, 0.2) is 0 Å². The Morgan fingerprint density at radius 2 is 1.90 bits per heavy atom. The summed E-state index contributed by atoms with van der Waals surface area (Å²) in [6.45, 7) is 0. The largest absolute Gasteiger partial charge is 0.465 e. The Labute approximate surface area is 166 Å². The van der Waals surface area contributed by atoms with Crippen molar-refractivity contribution in [3.63, 3.8) is 0 Å². The summed E-state index contributed by atoms with van der Waals surface area (Å²) in [7, 11) is 0. The lowest BCUT2D eigenvalue weighted by Crippen LogP contribution is -2.30. The zero-order chi connectivity index (χ0) is 21.5. The van der Waals surface area contributed by atoms with Crippen molar-refractivity contribution >= 4 is 27.9 Å². The van der Waals surface area contributed by atoms with Crippen LogP contribution in [0.5, 0.6) is 0 Å². The number of hydrogen-bond acceptors (Lipinski definition) is 4. The lowest BCUT2D eigenvalue weighted by atomic mass is 10.0. The fourth-order valence-corrected chi connectivity index (χ4v) is 3.36. The highest BCUT2D eigenvalue weighted by atomic mass is 19.4. The number of halogens is 3. The van der Waals surface area contributed by atoms with Gasteiger partial charge in [0.25, 0.3) is 0 Å². The standard InChI is InChI=1S/C20H14F3N3O4/c21-20(22,23)13-6-3-5-12-16(13)26-17(30-18(12)27)15(25-19(28)29)8-10-9-24-14-7-2-1-4-11(10)14/h1-7,9,15,24-25H,8H2,(H,28,29). The first-order chi connectivity index (χ1) is 14.2. The molecule has 1 unspecified atom stereocenters. The zero-order valence-corrected chi connectivity index (χ0v) is 15.2. The molecular weight excluding hydrogens is 403 g/mol. The van der Waals surface area contributed by atoms with Crippen molar-refractivity contribution in [1.29, 1.82) is 0 Å². The second-order valence-electron chi connectivity index (χ2n) is 6.60. The molecule has 7 nitrogen and oxygen atoms in total. The Kier molecular flexibility index (Phi) is 4.69. The van der Waals surface area contributed by atoms with Crippen LogP contribution in [-0.2, 0) is 12.6 Å². The van der Waals surface area contributed by atoms with Crippen molar-refractivity contribution in [3.05, 3.63) is 76.1 Å². The molecule has 0 aliphatic heterocycles. The molecule has 2 aromatic carbocycles. The quantitative estimate of drug-likeness (QED) is 0.460. The smallest absolute Gasteiger partial charge is 0.418 e. The molecule has 0 radical (unpaired) electrons. The van der Waals surface area contributed by atoms with Crippen LogP contribution in [-0.4, -0.2) is 21.2 Å². The highest BCUT2D eigenvalue weighted by Gasteiger charge is 2.34. The number of aromatic amines is 1. The van der Waals surface area contributed by atoms with Crippen molar-refractivity contribution < 1.29 is 27.5 Å². The Hall–Kier alpha value is -3.82.